The number of fused-ring (bicyclic) bond motifs is 3. The molecule has 0 amide bonds. The number of hydrogen-bond acceptors (Lipinski definition) is 7. The molecule has 0 spiro atoms. The fourth-order valence-corrected chi connectivity index (χ4v) is 6.27. The highest BCUT2D eigenvalue weighted by Crippen LogP contribution is 2.40. The molecule has 1 aromatic carbocycles. The molecule has 0 unspecified atom stereocenters. The standard InChI is InChI=1S/C21H24N4OS2/c1-25(2)14-8-6-13(7-9-14)19-22-10-15(26-19)11-27-20-18-16-4-3-5-17(16)28-21(18)24-12-23-20/h6-9,12,15,19,22H,3-5,10-11H2,1-2H3/t15-,19-/m0/s1. The smallest absolute Gasteiger partial charge is 0.134 e. The van der Waals surface area contributed by atoms with E-state index in [4.69, 9.17) is 4.74 Å². The van der Waals surface area contributed by atoms with Gasteiger partial charge in [0.25, 0.3) is 0 Å². The van der Waals surface area contributed by atoms with E-state index in [2.05, 4.69) is 58.5 Å². The van der Waals surface area contributed by atoms with E-state index in [0.717, 1.165) is 22.2 Å². The minimum Gasteiger partial charge on any atom is -0.378 e. The van der Waals surface area contributed by atoms with Crippen molar-refractivity contribution < 1.29 is 4.74 Å². The van der Waals surface area contributed by atoms with Crippen LogP contribution in [0.25, 0.3) is 10.2 Å². The predicted molar refractivity (Wildman–Crippen MR) is 117 cm³/mol. The van der Waals surface area contributed by atoms with Gasteiger partial charge in [-0.05, 0) is 42.5 Å². The quantitative estimate of drug-likeness (QED) is 0.504. The highest BCUT2D eigenvalue weighted by molar-refractivity contribution is 7.99. The molecule has 28 heavy (non-hydrogen) atoms. The molecule has 1 aliphatic heterocycles. The van der Waals surface area contributed by atoms with Gasteiger partial charge in [-0.2, -0.15) is 0 Å². The summed E-state index contributed by atoms with van der Waals surface area (Å²) in [6.45, 7) is 0.864. The fraction of sp³-hybridized carbons (Fsp3) is 0.429. The van der Waals surface area contributed by atoms with E-state index in [0.29, 0.717) is 0 Å². The van der Waals surface area contributed by atoms with Gasteiger partial charge in [-0.3, -0.25) is 5.32 Å². The van der Waals surface area contributed by atoms with Gasteiger partial charge in [0.05, 0.1) is 6.10 Å². The molecule has 3 heterocycles. The number of thioether (sulfide) groups is 1. The number of benzene rings is 1. The summed E-state index contributed by atoms with van der Waals surface area (Å²) in [7, 11) is 4.11. The summed E-state index contributed by atoms with van der Waals surface area (Å²) in [5.41, 5.74) is 3.87. The third kappa shape index (κ3) is 3.41. The third-order valence-electron chi connectivity index (χ3n) is 5.44. The van der Waals surface area contributed by atoms with Crippen molar-refractivity contribution in [3.63, 3.8) is 0 Å². The summed E-state index contributed by atoms with van der Waals surface area (Å²) >= 11 is 3.65. The van der Waals surface area contributed by atoms with Crippen molar-refractivity contribution in [3.8, 4) is 0 Å². The van der Waals surface area contributed by atoms with Crippen LogP contribution in [-0.4, -0.2) is 42.5 Å². The van der Waals surface area contributed by atoms with Crippen LogP contribution in [-0.2, 0) is 17.6 Å². The maximum Gasteiger partial charge on any atom is 0.134 e. The Morgan fingerprint density at radius 3 is 2.89 bits per heavy atom. The van der Waals surface area contributed by atoms with Crippen molar-refractivity contribution in [2.75, 3.05) is 31.3 Å². The molecular weight excluding hydrogens is 388 g/mol. The van der Waals surface area contributed by atoms with Crippen LogP contribution in [0.15, 0.2) is 35.6 Å². The summed E-state index contributed by atoms with van der Waals surface area (Å²) in [6, 6.07) is 8.56. The minimum absolute atomic E-state index is 0.0300. The first kappa shape index (κ1) is 18.4. The Labute approximate surface area is 173 Å². The number of nitrogens with one attached hydrogen (secondary N) is 1. The van der Waals surface area contributed by atoms with Gasteiger partial charge in [-0.25, -0.2) is 9.97 Å². The highest BCUT2D eigenvalue weighted by atomic mass is 32.2. The zero-order valence-electron chi connectivity index (χ0n) is 16.1. The van der Waals surface area contributed by atoms with Crippen molar-refractivity contribution in [1.82, 2.24) is 15.3 Å². The highest BCUT2D eigenvalue weighted by Gasteiger charge is 2.27. The molecule has 0 saturated carbocycles. The number of aromatic nitrogens is 2. The number of hydrogen-bond donors (Lipinski definition) is 1. The minimum atomic E-state index is -0.0300. The first-order chi connectivity index (χ1) is 13.7. The number of rotatable bonds is 5. The van der Waals surface area contributed by atoms with Gasteiger partial charge in [0.2, 0.25) is 0 Å². The van der Waals surface area contributed by atoms with Crippen LogP contribution in [0.5, 0.6) is 0 Å². The normalized spacial score (nSPS) is 21.4. The summed E-state index contributed by atoms with van der Waals surface area (Å²) < 4.78 is 6.27. The Hall–Kier alpha value is -1.67. The number of thiophene rings is 1. The molecule has 5 nitrogen and oxygen atoms in total. The lowest BCUT2D eigenvalue weighted by atomic mass is 10.2. The van der Waals surface area contributed by atoms with Gasteiger partial charge >= 0.3 is 0 Å². The largest absolute Gasteiger partial charge is 0.378 e. The predicted octanol–water partition coefficient (Wildman–Crippen LogP) is 4.03. The number of anilines is 1. The zero-order chi connectivity index (χ0) is 19.1. The lowest BCUT2D eigenvalue weighted by molar-refractivity contribution is 0.0535. The van der Waals surface area contributed by atoms with Gasteiger partial charge in [0.1, 0.15) is 22.4 Å². The summed E-state index contributed by atoms with van der Waals surface area (Å²) in [6.07, 6.45) is 5.49. The van der Waals surface area contributed by atoms with E-state index in [1.54, 1.807) is 18.1 Å². The second-order valence-corrected chi connectivity index (χ2v) is 9.65. The molecule has 2 aliphatic rings. The van der Waals surface area contributed by atoms with E-state index >= 15 is 0 Å². The molecule has 1 aliphatic carbocycles. The second kappa shape index (κ2) is 7.63. The molecule has 146 valence electrons. The SMILES string of the molecule is CN(C)c1ccc([C@H]2NC[C@@H](CSc3ncnc4sc5c(c34)CCC5)O2)cc1. The molecule has 5 rings (SSSR count). The average molecular weight is 413 g/mol. The molecule has 2 atom stereocenters. The number of ether oxygens (including phenoxy) is 1. The molecule has 1 N–H and O–H groups in total. The zero-order valence-corrected chi connectivity index (χ0v) is 17.8. The molecular formula is C21H24N4OS2. The lowest BCUT2D eigenvalue weighted by Gasteiger charge is -2.16. The van der Waals surface area contributed by atoms with Crippen LogP contribution in [0, 0.1) is 0 Å². The maximum atomic E-state index is 6.27. The average Bonchev–Trinajstić information content (AvgIpc) is 3.42. The van der Waals surface area contributed by atoms with Crippen molar-refractivity contribution in [1.29, 1.82) is 0 Å². The maximum absolute atomic E-state index is 6.27. The Bertz CT molecular complexity index is 986. The summed E-state index contributed by atoms with van der Waals surface area (Å²) in [4.78, 5) is 13.9. The summed E-state index contributed by atoms with van der Waals surface area (Å²) in [5, 5.41) is 5.92. The van der Waals surface area contributed by atoms with Crippen LogP contribution in [0.2, 0.25) is 0 Å². The van der Waals surface area contributed by atoms with Crippen LogP contribution in [0.4, 0.5) is 5.69 Å². The number of aryl methyl sites for hydroxylation is 2. The van der Waals surface area contributed by atoms with Crippen molar-refractivity contribution in [2.45, 2.75) is 36.6 Å². The third-order valence-corrected chi connectivity index (χ3v) is 7.77. The van der Waals surface area contributed by atoms with Crippen molar-refractivity contribution in [2.24, 2.45) is 0 Å². The van der Waals surface area contributed by atoms with E-state index < -0.39 is 0 Å². The summed E-state index contributed by atoms with van der Waals surface area (Å²) in [5.74, 6) is 0.899. The molecule has 1 saturated heterocycles. The Kier molecular flexibility index (Phi) is 5.00. The van der Waals surface area contributed by atoms with Gasteiger partial charge in [0.15, 0.2) is 0 Å². The van der Waals surface area contributed by atoms with Gasteiger partial charge < -0.3 is 9.64 Å². The van der Waals surface area contributed by atoms with E-state index in [1.165, 1.54) is 46.3 Å². The first-order valence-corrected chi connectivity index (χ1v) is 11.5. The Morgan fingerprint density at radius 1 is 1.21 bits per heavy atom. The van der Waals surface area contributed by atoms with Crippen LogP contribution in [0.1, 0.15) is 28.7 Å². The Balaban J connectivity index is 1.25. The van der Waals surface area contributed by atoms with Gasteiger partial charge in [-0.15, -0.1) is 23.1 Å². The van der Waals surface area contributed by atoms with Gasteiger partial charge in [-0.1, -0.05) is 12.1 Å². The first-order valence-electron chi connectivity index (χ1n) is 9.73. The molecule has 1 fully saturated rings. The van der Waals surface area contributed by atoms with E-state index in [9.17, 15) is 0 Å². The van der Waals surface area contributed by atoms with E-state index in [-0.39, 0.29) is 12.3 Å². The molecule has 2 aromatic heterocycles. The van der Waals surface area contributed by atoms with Crippen LogP contribution >= 0.6 is 23.1 Å². The molecule has 3 aromatic rings. The fourth-order valence-electron chi connectivity index (χ4n) is 3.95. The van der Waals surface area contributed by atoms with Crippen LogP contribution in [0.3, 0.4) is 0 Å². The molecule has 0 radical (unpaired) electrons. The topological polar surface area (TPSA) is 50.3 Å². The van der Waals surface area contributed by atoms with Gasteiger partial charge in [0, 0.05) is 42.3 Å². The molecule has 0 bridgehead atoms. The monoisotopic (exact) mass is 412 g/mol. The molecule has 7 heteroatoms. The second-order valence-electron chi connectivity index (χ2n) is 7.56. The van der Waals surface area contributed by atoms with E-state index in [1.807, 2.05) is 11.3 Å². The number of nitrogens with zero attached hydrogens (tertiary/aromatic N) is 3. The van der Waals surface area contributed by atoms with Crippen molar-refractivity contribution in [3.05, 3.63) is 46.6 Å². The van der Waals surface area contributed by atoms with Crippen LogP contribution < -0.4 is 10.2 Å². The Morgan fingerprint density at radius 2 is 2.07 bits per heavy atom. The lowest BCUT2D eigenvalue weighted by Crippen LogP contribution is -2.17. The van der Waals surface area contributed by atoms with Crippen molar-refractivity contribution >= 4 is 39.0 Å².